The molecule has 2 aromatic carbocycles. The largest absolute Gasteiger partial charge is 0.497 e. The number of hydrogen-bond acceptors (Lipinski definition) is 3. The van der Waals surface area contributed by atoms with Gasteiger partial charge in [-0.1, -0.05) is 11.6 Å². The second-order valence-corrected chi connectivity index (χ2v) is 6.04. The molecule has 1 aliphatic carbocycles. The van der Waals surface area contributed by atoms with Gasteiger partial charge in [0.2, 0.25) is 0 Å². The molecule has 1 saturated carbocycles. The Morgan fingerprint density at radius 2 is 1.82 bits per heavy atom. The van der Waals surface area contributed by atoms with Crippen LogP contribution in [0.5, 0.6) is 11.5 Å². The Labute approximate surface area is 129 Å². The Morgan fingerprint density at radius 3 is 2.50 bits per heavy atom. The first kappa shape index (κ1) is 13.4. The summed E-state index contributed by atoms with van der Waals surface area (Å²) >= 11 is 0. The van der Waals surface area contributed by atoms with Crippen LogP contribution in [0.1, 0.15) is 30.0 Å². The van der Waals surface area contributed by atoms with E-state index in [1.165, 1.54) is 29.5 Å². The van der Waals surface area contributed by atoms with Gasteiger partial charge in [0, 0.05) is 28.1 Å². The topological polar surface area (TPSA) is 31.4 Å². The zero-order chi connectivity index (χ0) is 15.3. The quantitative estimate of drug-likeness (QED) is 0.662. The molecule has 1 fully saturated rings. The fourth-order valence-electron chi connectivity index (χ4n) is 3.15. The summed E-state index contributed by atoms with van der Waals surface area (Å²) in [6.45, 7) is 2.11. The molecule has 3 aromatic rings. The summed E-state index contributed by atoms with van der Waals surface area (Å²) in [7, 11) is 3.41. The summed E-state index contributed by atoms with van der Waals surface area (Å²) in [4.78, 5) is 4.95. The number of nitrogens with zero attached hydrogens (tertiary/aromatic N) is 1. The number of rotatable bonds is 3. The van der Waals surface area contributed by atoms with Gasteiger partial charge in [-0.3, -0.25) is 4.98 Å². The fraction of sp³-hybridized carbons (Fsp3) is 0.316. The van der Waals surface area contributed by atoms with Crippen molar-refractivity contribution in [3.05, 3.63) is 41.6 Å². The SMILES string of the molecule is COc1cc(OC)c2c(C3CC3)nc3ccc(C)cc3c2c1. The van der Waals surface area contributed by atoms with E-state index >= 15 is 0 Å². The molecule has 22 heavy (non-hydrogen) atoms. The van der Waals surface area contributed by atoms with Crippen LogP contribution in [0.4, 0.5) is 0 Å². The lowest BCUT2D eigenvalue weighted by atomic mass is 9.99. The molecule has 0 bridgehead atoms. The van der Waals surface area contributed by atoms with Crippen molar-refractivity contribution < 1.29 is 9.47 Å². The standard InChI is InChI=1S/C19H19NO2/c1-11-4-7-16-14(8-11)15-9-13(21-2)10-17(22-3)18(15)19(20-16)12-5-6-12/h4,7-10,12H,5-6H2,1-3H3. The molecular weight excluding hydrogens is 274 g/mol. The number of aryl methyl sites for hydroxylation is 1. The minimum Gasteiger partial charge on any atom is -0.497 e. The summed E-state index contributed by atoms with van der Waals surface area (Å²) < 4.78 is 11.1. The number of pyridine rings is 1. The molecule has 1 aliphatic rings. The van der Waals surface area contributed by atoms with E-state index in [2.05, 4.69) is 31.2 Å². The average molecular weight is 293 g/mol. The van der Waals surface area contributed by atoms with Gasteiger partial charge in [-0.2, -0.15) is 0 Å². The minimum atomic E-state index is 0.565. The molecule has 0 amide bonds. The van der Waals surface area contributed by atoms with E-state index < -0.39 is 0 Å². The number of aromatic nitrogens is 1. The van der Waals surface area contributed by atoms with Gasteiger partial charge in [0.1, 0.15) is 11.5 Å². The Bertz CT molecular complexity index is 882. The van der Waals surface area contributed by atoms with E-state index in [1.807, 2.05) is 6.07 Å². The van der Waals surface area contributed by atoms with Gasteiger partial charge < -0.3 is 9.47 Å². The van der Waals surface area contributed by atoms with Crippen LogP contribution in [0.2, 0.25) is 0 Å². The molecule has 1 heterocycles. The van der Waals surface area contributed by atoms with Crippen LogP contribution in [-0.2, 0) is 0 Å². The number of hydrogen-bond donors (Lipinski definition) is 0. The van der Waals surface area contributed by atoms with Gasteiger partial charge in [-0.15, -0.1) is 0 Å². The summed E-state index contributed by atoms with van der Waals surface area (Å²) in [6.07, 6.45) is 2.43. The van der Waals surface area contributed by atoms with Gasteiger partial charge in [-0.25, -0.2) is 0 Å². The predicted molar refractivity (Wildman–Crippen MR) is 89.1 cm³/mol. The van der Waals surface area contributed by atoms with E-state index in [4.69, 9.17) is 14.5 Å². The smallest absolute Gasteiger partial charge is 0.132 e. The molecule has 3 nitrogen and oxygen atoms in total. The fourth-order valence-corrected chi connectivity index (χ4v) is 3.15. The predicted octanol–water partition coefficient (Wildman–Crippen LogP) is 4.59. The van der Waals surface area contributed by atoms with Gasteiger partial charge in [0.15, 0.2) is 0 Å². The number of fused-ring (bicyclic) bond motifs is 3. The zero-order valence-electron chi connectivity index (χ0n) is 13.1. The molecule has 0 atom stereocenters. The lowest BCUT2D eigenvalue weighted by molar-refractivity contribution is 0.398. The van der Waals surface area contributed by atoms with E-state index in [9.17, 15) is 0 Å². The molecule has 3 heteroatoms. The van der Waals surface area contributed by atoms with Crippen LogP contribution in [0.25, 0.3) is 21.7 Å². The van der Waals surface area contributed by atoms with Crippen molar-refractivity contribution in [3.63, 3.8) is 0 Å². The maximum Gasteiger partial charge on any atom is 0.132 e. The Hall–Kier alpha value is -2.29. The average Bonchev–Trinajstić information content (AvgIpc) is 3.38. The maximum absolute atomic E-state index is 5.65. The monoisotopic (exact) mass is 293 g/mol. The van der Waals surface area contributed by atoms with Crippen molar-refractivity contribution in [2.24, 2.45) is 0 Å². The van der Waals surface area contributed by atoms with Gasteiger partial charge in [-0.05, 0) is 38.0 Å². The normalized spacial score (nSPS) is 14.5. The van der Waals surface area contributed by atoms with E-state index in [-0.39, 0.29) is 0 Å². The van der Waals surface area contributed by atoms with E-state index in [1.54, 1.807) is 14.2 Å². The molecular formula is C19H19NO2. The van der Waals surface area contributed by atoms with Gasteiger partial charge >= 0.3 is 0 Å². The Morgan fingerprint density at radius 1 is 1.00 bits per heavy atom. The highest BCUT2D eigenvalue weighted by Crippen LogP contribution is 2.47. The molecule has 0 aliphatic heterocycles. The second kappa shape index (κ2) is 4.87. The molecule has 1 aromatic heterocycles. The van der Waals surface area contributed by atoms with Crippen molar-refractivity contribution >= 4 is 21.7 Å². The van der Waals surface area contributed by atoms with Crippen LogP contribution in [0.15, 0.2) is 30.3 Å². The van der Waals surface area contributed by atoms with Crippen molar-refractivity contribution in [2.45, 2.75) is 25.7 Å². The number of ether oxygens (including phenoxy) is 2. The molecule has 0 spiro atoms. The highest BCUT2D eigenvalue weighted by molar-refractivity contribution is 6.10. The molecule has 0 saturated heterocycles. The van der Waals surface area contributed by atoms with Crippen LogP contribution in [0.3, 0.4) is 0 Å². The summed E-state index contributed by atoms with van der Waals surface area (Å²) in [5.74, 6) is 2.24. The number of methoxy groups -OCH3 is 2. The zero-order valence-corrected chi connectivity index (χ0v) is 13.1. The lowest BCUT2D eigenvalue weighted by Crippen LogP contribution is -1.96. The Kier molecular flexibility index (Phi) is 2.96. The first-order valence-corrected chi connectivity index (χ1v) is 7.67. The van der Waals surface area contributed by atoms with Crippen molar-refractivity contribution in [3.8, 4) is 11.5 Å². The maximum atomic E-state index is 5.65. The van der Waals surface area contributed by atoms with Crippen LogP contribution >= 0.6 is 0 Å². The molecule has 4 rings (SSSR count). The summed E-state index contributed by atoms with van der Waals surface area (Å²) in [6, 6.07) is 10.5. The van der Waals surface area contributed by atoms with E-state index in [0.717, 1.165) is 27.8 Å². The third-order valence-corrected chi connectivity index (χ3v) is 4.43. The molecule has 112 valence electrons. The van der Waals surface area contributed by atoms with Crippen molar-refractivity contribution in [1.82, 2.24) is 4.98 Å². The highest BCUT2D eigenvalue weighted by atomic mass is 16.5. The van der Waals surface area contributed by atoms with Crippen LogP contribution in [-0.4, -0.2) is 19.2 Å². The van der Waals surface area contributed by atoms with Crippen LogP contribution in [0, 0.1) is 6.92 Å². The van der Waals surface area contributed by atoms with Crippen LogP contribution < -0.4 is 9.47 Å². The third-order valence-electron chi connectivity index (χ3n) is 4.43. The van der Waals surface area contributed by atoms with Crippen molar-refractivity contribution in [1.29, 1.82) is 0 Å². The van der Waals surface area contributed by atoms with Crippen molar-refractivity contribution in [2.75, 3.05) is 14.2 Å². The number of benzene rings is 2. The second-order valence-electron chi connectivity index (χ2n) is 6.04. The van der Waals surface area contributed by atoms with E-state index in [0.29, 0.717) is 5.92 Å². The first-order valence-electron chi connectivity index (χ1n) is 7.67. The third kappa shape index (κ3) is 2.00. The highest BCUT2D eigenvalue weighted by Gasteiger charge is 2.29. The molecule has 0 unspecified atom stereocenters. The molecule has 0 radical (unpaired) electrons. The summed E-state index contributed by atoms with van der Waals surface area (Å²) in [5, 5.41) is 3.48. The molecule has 0 N–H and O–H groups in total. The minimum absolute atomic E-state index is 0.565. The van der Waals surface area contributed by atoms with Gasteiger partial charge in [0.05, 0.1) is 25.4 Å². The summed E-state index contributed by atoms with van der Waals surface area (Å²) in [5.41, 5.74) is 3.46. The first-order chi connectivity index (χ1) is 10.7. The van der Waals surface area contributed by atoms with Gasteiger partial charge in [0.25, 0.3) is 0 Å². The Balaban J connectivity index is 2.19. The lowest BCUT2D eigenvalue weighted by Gasteiger charge is -2.14.